The van der Waals surface area contributed by atoms with Gasteiger partial charge in [-0.25, -0.2) is 0 Å². The van der Waals surface area contributed by atoms with E-state index in [1.807, 2.05) is 18.2 Å². The quantitative estimate of drug-likeness (QED) is 0.695. The van der Waals surface area contributed by atoms with E-state index in [-0.39, 0.29) is 11.6 Å². The van der Waals surface area contributed by atoms with E-state index in [9.17, 15) is 4.79 Å². The molecule has 1 N–H and O–H groups in total. The lowest BCUT2D eigenvalue weighted by Gasteiger charge is -2.06. The molecule has 0 radical (unpaired) electrons. The molecule has 0 aliphatic carbocycles. The van der Waals surface area contributed by atoms with Gasteiger partial charge in [-0.2, -0.15) is 15.6 Å². The van der Waals surface area contributed by atoms with E-state index in [1.54, 1.807) is 32.3 Å². The summed E-state index contributed by atoms with van der Waals surface area (Å²) in [4.78, 5) is 14.1. The molecule has 2 aromatic rings. The van der Waals surface area contributed by atoms with Gasteiger partial charge in [-0.15, -0.1) is 11.3 Å². The third-order valence-electron chi connectivity index (χ3n) is 2.64. The van der Waals surface area contributed by atoms with Crippen LogP contribution in [0.1, 0.15) is 9.67 Å². The number of anilines is 1. The number of carbonyl (C=O) groups is 1. The average molecular weight is 297 g/mol. The van der Waals surface area contributed by atoms with Crippen LogP contribution in [0.2, 0.25) is 0 Å². The lowest BCUT2D eigenvalue weighted by Crippen LogP contribution is -2.20. The van der Waals surface area contributed by atoms with Crippen molar-refractivity contribution in [2.24, 2.45) is 5.10 Å². The molecule has 0 atom stereocenters. The molecule has 1 heterocycles. The molecule has 0 fully saturated rings. The van der Waals surface area contributed by atoms with E-state index in [0.29, 0.717) is 10.6 Å². The monoisotopic (exact) mass is 297 g/mol. The van der Waals surface area contributed by atoms with Crippen molar-refractivity contribution in [3.05, 3.63) is 29.1 Å². The zero-order chi connectivity index (χ0) is 15.4. The number of hydrogen-bond acceptors (Lipinski definition) is 6. The van der Waals surface area contributed by atoms with Gasteiger partial charge in [-0.1, -0.05) is 0 Å². The predicted octanol–water partition coefficient (Wildman–Crippen LogP) is 2.42. The lowest BCUT2D eigenvalue weighted by molar-refractivity contribution is 0.0832. The minimum absolute atomic E-state index is 0.0417. The molecule has 1 aromatic heterocycles. The van der Waals surface area contributed by atoms with Crippen LogP contribution in [-0.2, 0) is 0 Å². The highest BCUT2D eigenvalue weighted by molar-refractivity contribution is 7.20. The molecular formula is C14H11N5OS. The van der Waals surface area contributed by atoms with Crippen LogP contribution in [0.25, 0.3) is 10.1 Å². The van der Waals surface area contributed by atoms with Gasteiger partial charge in [0.2, 0.25) is 5.71 Å². The first-order chi connectivity index (χ1) is 10.0. The molecule has 0 aliphatic heterocycles. The van der Waals surface area contributed by atoms with Crippen LogP contribution in [0.3, 0.4) is 0 Å². The number of hydrazone groups is 1. The standard InChI is InChI=1S/C14H11N5OS/c1-19(2)14(20)13-6-9-5-10(3-4-12(9)21-13)17-18-11(7-15)8-16/h3-6,17H,1-2H3. The number of carbonyl (C=O) groups excluding carboxylic acids is 1. The van der Waals surface area contributed by atoms with E-state index < -0.39 is 0 Å². The summed E-state index contributed by atoms with van der Waals surface area (Å²) >= 11 is 1.42. The van der Waals surface area contributed by atoms with Gasteiger partial charge >= 0.3 is 0 Å². The highest BCUT2D eigenvalue weighted by atomic mass is 32.1. The summed E-state index contributed by atoms with van der Waals surface area (Å²) in [5.74, 6) is -0.0417. The number of nitrogens with one attached hydrogen (secondary N) is 1. The Kier molecular flexibility index (Phi) is 4.17. The molecule has 1 amide bonds. The Hall–Kier alpha value is -2.90. The SMILES string of the molecule is CN(C)C(=O)c1cc2cc(NN=C(C#N)C#N)ccc2s1. The third kappa shape index (κ3) is 3.16. The number of benzene rings is 1. The van der Waals surface area contributed by atoms with Crippen molar-refractivity contribution >= 4 is 38.7 Å². The Bertz CT molecular complexity index is 791. The first-order valence-electron chi connectivity index (χ1n) is 5.94. The summed E-state index contributed by atoms with van der Waals surface area (Å²) < 4.78 is 0.982. The summed E-state index contributed by atoms with van der Waals surface area (Å²) in [6.07, 6.45) is 0. The minimum Gasteiger partial charge on any atom is -0.344 e. The molecule has 104 valence electrons. The van der Waals surface area contributed by atoms with Crippen LogP contribution in [0.4, 0.5) is 5.69 Å². The van der Waals surface area contributed by atoms with E-state index in [0.717, 1.165) is 10.1 Å². The van der Waals surface area contributed by atoms with Crippen LogP contribution in [0.15, 0.2) is 29.4 Å². The number of nitriles is 2. The van der Waals surface area contributed by atoms with Gasteiger partial charge < -0.3 is 4.90 Å². The number of nitrogens with zero attached hydrogens (tertiary/aromatic N) is 4. The van der Waals surface area contributed by atoms with Gasteiger partial charge in [0.15, 0.2) is 0 Å². The molecule has 0 bridgehead atoms. The van der Waals surface area contributed by atoms with Crippen LogP contribution >= 0.6 is 11.3 Å². The highest BCUT2D eigenvalue weighted by Gasteiger charge is 2.12. The Labute approximate surface area is 125 Å². The Morgan fingerprint density at radius 1 is 1.29 bits per heavy atom. The number of thiophene rings is 1. The molecule has 0 spiro atoms. The molecule has 21 heavy (non-hydrogen) atoms. The van der Waals surface area contributed by atoms with E-state index in [2.05, 4.69) is 10.5 Å². The topological polar surface area (TPSA) is 92.3 Å². The second-order valence-corrected chi connectivity index (χ2v) is 5.44. The summed E-state index contributed by atoms with van der Waals surface area (Å²) in [6.45, 7) is 0. The fraction of sp³-hybridized carbons (Fsp3) is 0.143. The van der Waals surface area contributed by atoms with Crippen molar-refractivity contribution in [1.29, 1.82) is 10.5 Å². The predicted molar refractivity (Wildman–Crippen MR) is 82.1 cm³/mol. The second-order valence-electron chi connectivity index (χ2n) is 4.36. The minimum atomic E-state index is -0.246. The van der Waals surface area contributed by atoms with Gasteiger partial charge in [0.25, 0.3) is 5.91 Å². The number of amides is 1. The van der Waals surface area contributed by atoms with Gasteiger partial charge in [-0.05, 0) is 29.7 Å². The summed E-state index contributed by atoms with van der Waals surface area (Å²) in [5, 5.41) is 21.8. The molecule has 0 unspecified atom stereocenters. The van der Waals surface area contributed by atoms with E-state index >= 15 is 0 Å². The maximum absolute atomic E-state index is 11.9. The molecule has 0 aliphatic rings. The van der Waals surface area contributed by atoms with Crippen LogP contribution in [-0.4, -0.2) is 30.6 Å². The molecular weight excluding hydrogens is 286 g/mol. The zero-order valence-corrected chi connectivity index (χ0v) is 12.2. The fourth-order valence-corrected chi connectivity index (χ4v) is 2.70. The second kappa shape index (κ2) is 6.04. The van der Waals surface area contributed by atoms with Gasteiger partial charge in [0.05, 0.1) is 10.6 Å². The van der Waals surface area contributed by atoms with Crippen molar-refractivity contribution in [1.82, 2.24) is 4.90 Å². The Balaban J connectivity index is 2.31. The van der Waals surface area contributed by atoms with E-state index in [4.69, 9.17) is 10.5 Å². The van der Waals surface area contributed by atoms with Crippen LogP contribution in [0, 0.1) is 22.7 Å². The van der Waals surface area contributed by atoms with Gasteiger partial charge in [0.1, 0.15) is 12.1 Å². The van der Waals surface area contributed by atoms with Crippen LogP contribution < -0.4 is 5.43 Å². The maximum Gasteiger partial charge on any atom is 0.263 e. The highest BCUT2D eigenvalue weighted by Crippen LogP contribution is 2.28. The summed E-state index contributed by atoms with van der Waals surface area (Å²) in [5.41, 5.74) is 3.05. The summed E-state index contributed by atoms with van der Waals surface area (Å²) in [7, 11) is 3.42. The van der Waals surface area contributed by atoms with Gasteiger partial charge in [-0.3, -0.25) is 10.2 Å². The molecule has 0 saturated carbocycles. The smallest absolute Gasteiger partial charge is 0.263 e. The van der Waals surface area contributed by atoms with Crippen LogP contribution in [0.5, 0.6) is 0 Å². The van der Waals surface area contributed by atoms with Crippen molar-refractivity contribution in [2.75, 3.05) is 19.5 Å². The zero-order valence-electron chi connectivity index (χ0n) is 11.4. The van der Waals surface area contributed by atoms with Crippen molar-refractivity contribution in [3.63, 3.8) is 0 Å². The fourth-order valence-electron chi connectivity index (χ4n) is 1.63. The van der Waals surface area contributed by atoms with Crippen molar-refractivity contribution in [2.45, 2.75) is 0 Å². The largest absolute Gasteiger partial charge is 0.344 e. The average Bonchev–Trinajstić information content (AvgIpc) is 2.90. The molecule has 1 aromatic carbocycles. The molecule has 0 saturated heterocycles. The van der Waals surface area contributed by atoms with E-state index in [1.165, 1.54) is 16.2 Å². The first-order valence-corrected chi connectivity index (χ1v) is 6.76. The molecule has 2 rings (SSSR count). The normalized spacial score (nSPS) is 9.52. The Morgan fingerprint density at radius 3 is 2.62 bits per heavy atom. The lowest BCUT2D eigenvalue weighted by atomic mass is 10.2. The van der Waals surface area contributed by atoms with Gasteiger partial charge in [0, 0.05) is 18.8 Å². The van der Waals surface area contributed by atoms with Crippen molar-refractivity contribution in [3.8, 4) is 12.1 Å². The van der Waals surface area contributed by atoms with Crippen molar-refractivity contribution < 1.29 is 4.79 Å². The first kappa shape index (κ1) is 14.5. The molecule has 6 nitrogen and oxygen atoms in total. The number of hydrogen-bond donors (Lipinski definition) is 1. The number of rotatable bonds is 3. The maximum atomic E-state index is 11.9. The number of fused-ring (bicyclic) bond motifs is 1. The Morgan fingerprint density at radius 2 is 2.00 bits per heavy atom. The molecule has 7 heteroatoms. The third-order valence-corrected chi connectivity index (χ3v) is 3.75. The summed E-state index contributed by atoms with van der Waals surface area (Å²) in [6, 6.07) is 10.6.